The van der Waals surface area contributed by atoms with Crippen LogP contribution in [0.5, 0.6) is 0 Å². The number of rotatable bonds is 5. The van der Waals surface area contributed by atoms with Gasteiger partial charge in [-0.15, -0.1) is 0 Å². The summed E-state index contributed by atoms with van der Waals surface area (Å²) in [7, 11) is 0. The minimum absolute atomic E-state index is 0.0874. The molecule has 5 rings (SSSR count). The summed E-state index contributed by atoms with van der Waals surface area (Å²) in [6.45, 7) is 0.947. The summed E-state index contributed by atoms with van der Waals surface area (Å²) in [5, 5.41) is 7.81. The Bertz CT molecular complexity index is 1310. The minimum atomic E-state index is -0.373. The number of likely N-dealkylation sites (tertiary alicyclic amines) is 1. The van der Waals surface area contributed by atoms with Gasteiger partial charge in [0.05, 0.1) is 11.4 Å². The molecule has 176 valence electrons. The quantitative estimate of drug-likeness (QED) is 0.440. The van der Waals surface area contributed by atoms with Gasteiger partial charge >= 0.3 is 0 Å². The first-order valence-electron chi connectivity index (χ1n) is 11.6. The highest BCUT2D eigenvalue weighted by molar-refractivity contribution is 5.95. The number of carbonyl (C=O) groups is 2. The molecule has 1 N–H and O–H groups in total. The zero-order valence-corrected chi connectivity index (χ0v) is 19.1. The molecule has 35 heavy (non-hydrogen) atoms. The summed E-state index contributed by atoms with van der Waals surface area (Å²) in [6, 6.07) is 26.9. The zero-order valence-electron chi connectivity index (χ0n) is 19.1. The molecule has 6 nitrogen and oxygen atoms in total. The van der Waals surface area contributed by atoms with Crippen molar-refractivity contribution in [3.8, 4) is 16.9 Å². The van der Waals surface area contributed by atoms with Crippen molar-refractivity contribution in [3.63, 3.8) is 0 Å². The van der Waals surface area contributed by atoms with E-state index in [2.05, 4.69) is 5.32 Å². The van der Waals surface area contributed by atoms with Gasteiger partial charge in [0.2, 0.25) is 5.91 Å². The number of hydrogen-bond acceptors (Lipinski definition) is 3. The maximum Gasteiger partial charge on any atom is 0.253 e. The fourth-order valence-corrected chi connectivity index (χ4v) is 4.33. The van der Waals surface area contributed by atoms with E-state index >= 15 is 0 Å². The SMILES string of the molecule is O=C(Nc1cc(-c2ccccc2)nn1-c1ccccc1)C1CCN(C(=O)c2ccc(F)cc2)CC1. The third-order valence-electron chi connectivity index (χ3n) is 6.28. The summed E-state index contributed by atoms with van der Waals surface area (Å²) in [4.78, 5) is 27.6. The molecule has 4 aromatic rings. The minimum Gasteiger partial charge on any atom is -0.339 e. The number of nitrogens with zero attached hydrogens (tertiary/aromatic N) is 3. The molecule has 1 saturated heterocycles. The first-order chi connectivity index (χ1) is 17.1. The highest BCUT2D eigenvalue weighted by Crippen LogP contribution is 2.27. The van der Waals surface area contributed by atoms with Crippen LogP contribution < -0.4 is 5.32 Å². The second kappa shape index (κ2) is 9.93. The summed E-state index contributed by atoms with van der Waals surface area (Å²) in [6.07, 6.45) is 1.12. The van der Waals surface area contributed by atoms with Crippen LogP contribution in [0.1, 0.15) is 23.2 Å². The van der Waals surface area contributed by atoms with Crippen LogP contribution in [0.15, 0.2) is 91.0 Å². The Hall–Kier alpha value is -4.26. The number of halogens is 1. The molecular formula is C28H25FN4O2. The van der Waals surface area contributed by atoms with Crippen LogP contribution in [0.2, 0.25) is 0 Å². The van der Waals surface area contributed by atoms with Crippen molar-refractivity contribution >= 4 is 17.6 Å². The predicted octanol–water partition coefficient (Wildman–Crippen LogP) is 5.17. The van der Waals surface area contributed by atoms with Gasteiger partial charge in [0.15, 0.2) is 0 Å². The molecular weight excluding hydrogens is 443 g/mol. The largest absolute Gasteiger partial charge is 0.339 e. The van der Waals surface area contributed by atoms with Crippen molar-refractivity contribution in [1.29, 1.82) is 0 Å². The molecule has 1 aromatic heterocycles. The zero-order chi connectivity index (χ0) is 24.2. The lowest BCUT2D eigenvalue weighted by Crippen LogP contribution is -2.41. The van der Waals surface area contributed by atoms with E-state index in [-0.39, 0.29) is 23.5 Å². The van der Waals surface area contributed by atoms with Crippen molar-refractivity contribution < 1.29 is 14.0 Å². The standard InChI is InChI=1S/C28H25FN4O2/c29-23-13-11-22(12-14-23)28(35)32-17-15-21(16-18-32)27(34)30-26-19-25(20-7-3-1-4-8-20)31-33(26)24-9-5-2-6-10-24/h1-14,19,21H,15-18H2,(H,30,34). The molecule has 0 saturated carbocycles. The lowest BCUT2D eigenvalue weighted by molar-refractivity contribution is -0.121. The Balaban J connectivity index is 1.29. The number of para-hydroxylation sites is 1. The number of nitrogens with one attached hydrogen (secondary N) is 1. The van der Waals surface area contributed by atoms with Crippen molar-refractivity contribution in [1.82, 2.24) is 14.7 Å². The molecule has 2 heterocycles. The molecule has 7 heteroatoms. The van der Waals surface area contributed by atoms with Gasteiger partial charge in [-0.3, -0.25) is 9.59 Å². The van der Waals surface area contributed by atoms with E-state index in [1.807, 2.05) is 66.7 Å². The summed E-state index contributed by atoms with van der Waals surface area (Å²) < 4.78 is 14.9. The molecule has 0 unspecified atom stereocenters. The first-order valence-corrected chi connectivity index (χ1v) is 11.6. The van der Waals surface area contributed by atoms with Crippen molar-refractivity contribution in [2.24, 2.45) is 5.92 Å². The number of amides is 2. The van der Waals surface area contributed by atoms with Gasteiger partial charge in [-0.2, -0.15) is 5.10 Å². The van der Waals surface area contributed by atoms with Crippen LogP contribution in [-0.4, -0.2) is 39.6 Å². The van der Waals surface area contributed by atoms with Gasteiger partial charge in [-0.05, 0) is 49.2 Å². The van der Waals surface area contributed by atoms with E-state index in [1.165, 1.54) is 24.3 Å². The highest BCUT2D eigenvalue weighted by Gasteiger charge is 2.28. The second-order valence-corrected chi connectivity index (χ2v) is 8.59. The fourth-order valence-electron chi connectivity index (χ4n) is 4.33. The third kappa shape index (κ3) is 4.99. The van der Waals surface area contributed by atoms with Gasteiger partial charge in [-0.25, -0.2) is 9.07 Å². The van der Waals surface area contributed by atoms with E-state index in [1.54, 1.807) is 9.58 Å². The molecule has 0 radical (unpaired) electrons. The Kier molecular flexibility index (Phi) is 6.39. The molecule has 3 aromatic carbocycles. The summed E-state index contributed by atoms with van der Waals surface area (Å²) in [5.74, 6) is -0.215. The van der Waals surface area contributed by atoms with Gasteiger partial charge in [0, 0.05) is 36.2 Å². The van der Waals surface area contributed by atoms with Gasteiger partial charge in [-0.1, -0.05) is 48.5 Å². The molecule has 0 atom stereocenters. The average molecular weight is 469 g/mol. The van der Waals surface area contributed by atoms with Crippen molar-refractivity contribution in [2.45, 2.75) is 12.8 Å². The van der Waals surface area contributed by atoms with E-state index in [0.29, 0.717) is 37.3 Å². The van der Waals surface area contributed by atoms with Crippen LogP contribution >= 0.6 is 0 Å². The van der Waals surface area contributed by atoms with E-state index < -0.39 is 0 Å². The monoisotopic (exact) mass is 468 g/mol. The lowest BCUT2D eigenvalue weighted by Gasteiger charge is -2.31. The normalized spacial score (nSPS) is 14.0. The Labute approximate surface area is 203 Å². The molecule has 1 aliphatic rings. The van der Waals surface area contributed by atoms with E-state index in [0.717, 1.165) is 16.9 Å². The van der Waals surface area contributed by atoms with Crippen LogP contribution in [0.25, 0.3) is 16.9 Å². The number of anilines is 1. The first kappa shape index (κ1) is 22.5. The average Bonchev–Trinajstić information content (AvgIpc) is 3.33. The maximum absolute atomic E-state index is 13.2. The van der Waals surface area contributed by atoms with Gasteiger partial charge in [0.1, 0.15) is 11.6 Å². The smallest absolute Gasteiger partial charge is 0.253 e. The molecule has 1 fully saturated rings. The number of hydrogen-bond donors (Lipinski definition) is 1. The topological polar surface area (TPSA) is 67.2 Å². The Morgan fingerprint density at radius 1 is 0.857 bits per heavy atom. The summed E-state index contributed by atoms with van der Waals surface area (Å²) in [5.41, 5.74) is 3.04. The predicted molar refractivity (Wildman–Crippen MR) is 133 cm³/mol. The number of carbonyl (C=O) groups excluding carboxylic acids is 2. The van der Waals surface area contributed by atoms with Gasteiger partial charge in [0.25, 0.3) is 5.91 Å². The molecule has 1 aliphatic heterocycles. The molecule has 0 aliphatic carbocycles. The third-order valence-corrected chi connectivity index (χ3v) is 6.28. The van der Waals surface area contributed by atoms with E-state index in [4.69, 9.17) is 5.10 Å². The maximum atomic E-state index is 13.2. The molecule has 0 bridgehead atoms. The second-order valence-electron chi connectivity index (χ2n) is 8.59. The molecule has 2 amide bonds. The fraction of sp³-hybridized carbons (Fsp3) is 0.179. The highest BCUT2D eigenvalue weighted by atomic mass is 19.1. The number of benzene rings is 3. The number of aromatic nitrogens is 2. The Morgan fingerprint density at radius 2 is 1.49 bits per heavy atom. The van der Waals surface area contributed by atoms with Crippen molar-refractivity contribution in [2.75, 3.05) is 18.4 Å². The summed E-state index contributed by atoms with van der Waals surface area (Å²) >= 11 is 0. The van der Waals surface area contributed by atoms with Crippen LogP contribution in [0.3, 0.4) is 0 Å². The lowest BCUT2D eigenvalue weighted by atomic mass is 9.95. The van der Waals surface area contributed by atoms with Crippen molar-refractivity contribution in [3.05, 3.63) is 102 Å². The van der Waals surface area contributed by atoms with Crippen LogP contribution in [0, 0.1) is 11.7 Å². The number of piperidine rings is 1. The van der Waals surface area contributed by atoms with Crippen LogP contribution in [0.4, 0.5) is 10.2 Å². The Morgan fingerprint density at radius 3 is 2.14 bits per heavy atom. The van der Waals surface area contributed by atoms with E-state index in [9.17, 15) is 14.0 Å². The molecule has 0 spiro atoms. The van der Waals surface area contributed by atoms with Gasteiger partial charge < -0.3 is 10.2 Å². The van der Waals surface area contributed by atoms with Crippen LogP contribution in [-0.2, 0) is 4.79 Å².